The van der Waals surface area contributed by atoms with Crippen molar-refractivity contribution >= 4 is 5.90 Å². The van der Waals surface area contributed by atoms with Crippen LogP contribution in [0.5, 0.6) is 5.75 Å². The minimum Gasteiger partial charge on any atom is -0.856 e. The molecule has 0 bridgehead atoms. The molecule has 6 nitrogen and oxygen atoms in total. The van der Waals surface area contributed by atoms with Crippen LogP contribution in [0.1, 0.15) is 12.5 Å². The van der Waals surface area contributed by atoms with Gasteiger partial charge in [0.05, 0.1) is 0 Å². The Morgan fingerprint density at radius 1 is 1.14 bits per heavy atom. The summed E-state index contributed by atoms with van der Waals surface area (Å²) in [5.41, 5.74) is 1.68. The van der Waals surface area contributed by atoms with Crippen molar-refractivity contribution in [1.82, 2.24) is 9.78 Å². The molecule has 0 spiro atoms. The maximum atomic E-state index is 12.9. The van der Waals surface area contributed by atoms with Crippen molar-refractivity contribution < 1.29 is 32.1 Å². The maximum absolute atomic E-state index is 12.9. The van der Waals surface area contributed by atoms with Crippen molar-refractivity contribution in [3.63, 3.8) is 0 Å². The molecular formula is C19H16F4N4O2. The first-order valence-corrected chi connectivity index (χ1v) is 8.54. The minimum atomic E-state index is -4.56. The maximum Gasteiger partial charge on any atom is 0.461 e. The summed E-state index contributed by atoms with van der Waals surface area (Å²) in [7, 11) is 0. The molecule has 0 atom stereocenters. The summed E-state index contributed by atoms with van der Waals surface area (Å²) in [5, 5.41) is 20.1. The first-order chi connectivity index (χ1) is 13.8. The molecule has 0 aliphatic heterocycles. The number of aryl methyl sites for hydroxylation is 1. The van der Waals surface area contributed by atoms with E-state index >= 15 is 0 Å². The monoisotopic (exact) mass is 408 g/mol. The number of hydrogen-bond donors (Lipinski definition) is 0. The number of alkyl halides is 4. The number of halogens is 4. The third-order valence-electron chi connectivity index (χ3n) is 3.93. The quantitative estimate of drug-likeness (QED) is 0.261. The van der Waals surface area contributed by atoms with Crippen LogP contribution in [0, 0.1) is 0 Å². The Balaban J connectivity index is 1.72. The van der Waals surface area contributed by atoms with Crippen LogP contribution < -0.4 is 14.5 Å². The second-order valence-corrected chi connectivity index (χ2v) is 5.95. The number of aromatic nitrogens is 3. The zero-order valence-corrected chi connectivity index (χ0v) is 15.2. The summed E-state index contributed by atoms with van der Waals surface area (Å²) in [6.45, 7) is 2.55. The fourth-order valence-electron chi connectivity index (χ4n) is 2.42. The lowest BCUT2D eigenvalue weighted by Gasteiger charge is -2.17. The van der Waals surface area contributed by atoms with E-state index in [-0.39, 0.29) is 5.75 Å². The molecule has 3 aromatic rings. The van der Waals surface area contributed by atoms with Gasteiger partial charge in [-0.25, -0.2) is 0 Å². The highest BCUT2D eigenvalue weighted by Gasteiger charge is 2.43. The van der Waals surface area contributed by atoms with Crippen LogP contribution in [0.4, 0.5) is 17.6 Å². The largest absolute Gasteiger partial charge is 0.856 e. The standard InChI is InChI=1S/C19H16F4N4O2/c1-2-26-12-27(11-24-26)25-17(28)15-5-3-13(4-6-15)14-7-9-16(10-8-14)29-19(22,23)18(20)21/h3-12,18H,2H2,1H3. The van der Waals surface area contributed by atoms with E-state index in [0.29, 0.717) is 23.2 Å². The van der Waals surface area contributed by atoms with Gasteiger partial charge in [0.15, 0.2) is 0 Å². The number of rotatable bonds is 7. The Kier molecular flexibility index (Phi) is 5.81. The highest BCUT2D eigenvalue weighted by molar-refractivity contribution is 5.90. The van der Waals surface area contributed by atoms with Crippen LogP contribution in [-0.4, -0.2) is 28.2 Å². The molecule has 29 heavy (non-hydrogen) atoms. The predicted octanol–water partition coefficient (Wildman–Crippen LogP) is 2.66. The second kappa shape index (κ2) is 8.29. The van der Waals surface area contributed by atoms with E-state index in [1.807, 2.05) is 6.92 Å². The number of ether oxygens (including phenoxy) is 1. The lowest BCUT2D eigenvalue weighted by atomic mass is 10.0. The lowest BCUT2D eigenvalue weighted by molar-refractivity contribution is -0.682. The SMILES string of the molecule is CCn1c[n+](N=C([O-])c2ccc(-c3ccc(OC(F)(F)C(F)F)cc3)cc2)cn1. The van der Waals surface area contributed by atoms with E-state index in [4.69, 9.17) is 0 Å². The van der Waals surface area contributed by atoms with Crippen molar-refractivity contribution in [1.29, 1.82) is 0 Å². The molecule has 152 valence electrons. The highest BCUT2D eigenvalue weighted by Crippen LogP contribution is 2.29. The van der Waals surface area contributed by atoms with Crippen molar-refractivity contribution in [2.75, 3.05) is 0 Å². The molecule has 0 aliphatic carbocycles. The number of hydrogen-bond acceptors (Lipinski definition) is 4. The van der Waals surface area contributed by atoms with Crippen LogP contribution in [0.25, 0.3) is 11.1 Å². The molecule has 0 N–H and O–H groups in total. The summed E-state index contributed by atoms with van der Waals surface area (Å²) < 4.78 is 57.2. The van der Waals surface area contributed by atoms with Gasteiger partial charge in [0, 0.05) is 11.0 Å². The molecule has 1 aromatic heterocycles. The number of benzene rings is 2. The van der Waals surface area contributed by atoms with Crippen LogP contribution in [-0.2, 0) is 6.54 Å². The lowest BCUT2D eigenvalue weighted by Crippen LogP contribution is -2.33. The van der Waals surface area contributed by atoms with E-state index in [1.54, 1.807) is 35.3 Å². The van der Waals surface area contributed by atoms with E-state index in [9.17, 15) is 22.7 Å². The smallest absolute Gasteiger partial charge is 0.461 e. The Labute approximate surface area is 163 Å². The molecule has 0 aliphatic rings. The normalized spacial score (nSPS) is 12.4. The molecule has 2 aromatic carbocycles. The van der Waals surface area contributed by atoms with Crippen LogP contribution >= 0.6 is 0 Å². The summed E-state index contributed by atoms with van der Waals surface area (Å²) in [4.78, 5) is 0. The molecule has 0 saturated carbocycles. The fraction of sp³-hybridized carbons (Fsp3) is 0.211. The molecule has 10 heteroatoms. The van der Waals surface area contributed by atoms with Gasteiger partial charge < -0.3 is 9.84 Å². The average molecular weight is 408 g/mol. The topological polar surface area (TPSA) is 66.3 Å². The van der Waals surface area contributed by atoms with Gasteiger partial charge >= 0.3 is 12.5 Å². The molecule has 1 heterocycles. The second-order valence-electron chi connectivity index (χ2n) is 5.95. The van der Waals surface area contributed by atoms with Gasteiger partial charge in [-0.2, -0.15) is 17.6 Å². The van der Waals surface area contributed by atoms with Crippen molar-refractivity contribution in [3.05, 3.63) is 66.7 Å². The number of nitrogens with zero attached hydrogens (tertiary/aromatic N) is 4. The van der Waals surface area contributed by atoms with E-state index in [2.05, 4.69) is 14.9 Å². The zero-order chi connectivity index (χ0) is 21.0. The predicted molar refractivity (Wildman–Crippen MR) is 93.5 cm³/mol. The summed E-state index contributed by atoms with van der Waals surface area (Å²) >= 11 is 0. The van der Waals surface area contributed by atoms with E-state index in [0.717, 1.165) is 0 Å². The molecule has 0 saturated heterocycles. The van der Waals surface area contributed by atoms with Crippen LogP contribution in [0.3, 0.4) is 0 Å². The van der Waals surface area contributed by atoms with Gasteiger partial charge in [0.2, 0.25) is 6.33 Å². The van der Waals surface area contributed by atoms with Crippen molar-refractivity contribution in [2.24, 2.45) is 5.10 Å². The summed E-state index contributed by atoms with van der Waals surface area (Å²) in [6, 6.07) is 11.7. The van der Waals surface area contributed by atoms with Crippen LogP contribution in [0.15, 0.2) is 66.3 Å². The van der Waals surface area contributed by atoms with Gasteiger partial charge in [0.1, 0.15) is 12.3 Å². The third kappa shape index (κ3) is 4.89. The van der Waals surface area contributed by atoms with Gasteiger partial charge in [-0.3, -0.25) is 0 Å². The Bertz CT molecular complexity index is 986. The molecule has 0 fully saturated rings. The van der Waals surface area contributed by atoms with Gasteiger partial charge in [-0.1, -0.05) is 36.4 Å². The highest BCUT2D eigenvalue weighted by atomic mass is 19.3. The van der Waals surface area contributed by atoms with Gasteiger partial charge in [-0.15, -0.1) is 14.5 Å². The van der Waals surface area contributed by atoms with E-state index < -0.39 is 18.4 Å². The Morgan fingerprint density at radius 3 is 2.24 bits per heavy atom. The average Bonchev–Trinajstić information content (AvgIpc) is 3.16. The first kappa shape index (κ1) is 20.3. The molecule has 0 radical (unpaired) electrons. The molecule has 0 amide bonds. The van der Waals surface area contributed by atoms with Gasteiger partial charge in [-0.05, 0) is 35.7 Å². The van der Waals surface area contributed by atoms with Gasteiger partial charge in [0.25, 0.3) is 6.33 Å². The molecule has 0 unspecified atom stereocenters. The minimum absolute atomic E-state index is 0.349. The Morgan fingerprint density at radius 2 is 1.72 bits per heavy atom. The first-order valence-electron chi connectivity index (χ1n) is 8.54. The van der Waals surface area contributed by atoms with E-state index in [1.165, 1.54) is 35.3 Å². The van der Waals surface area contributed by atoms with Crippen molar-refractivity contribution in [2.45, 2.75) is 26.0 Å². The summed E-state index contributed by atoms with van der Waals surface area (Å²) in [5.74, 6) is -0.843. The molecular weight excluding hydrogens is 392 g/mol. The summed E-state index contributed by atoms with van der Waals surface area (Å²) in [6.07, 6.45) is -5.49. The molecule has 3 rings (SSSR count). The zero-order valence-electron chi connectivity index (χ0n) is 15.2. The fourth-order valence-corrected chi connectivity index (χ4v) is 2.42. The third-order valence-corrected chi connectivity index (χ3v) is 3.93. The van der Waals surface area contributed by atoms with Crippen molar-refractivity contribution in [3.8, 4) is 16.9 Å². The Hall–Kier alpha value is -3.43. The van der Waals surface area contributed by atoms with Crippen LogP contribution in [0.2, 0.25) is 0 Å².